The zero-order valence-electron chi connectivity index (χ0n) is 16.0. The van der Waals surface area contributed by atoms with Crippen LogP contribution in [0.1, 0.15) is 48.9 Å². The third-order valence-corrected chi connectivity index (χ3v) is 6.03. The fourth-order valence-electron chi connectivity index (χ4n) is 4.31. The first-order valence-electron chi connectivity index (χ1n) is 10.0. The topological polar surface area (TPSA) is 92.5 Å². The number of hydrogen-bond donors (Lipinski definition) is 2. The molecule has 2 fully saturated rings. The van der Waals surface area contributed by atoms with Crippen LogP contribution in [0.5, 0.6) is 0 Å². The van der Waals surface area contributed by atoms with Gasteiger partial charge in [-0.2, -0.15) is 0 Å². The Hall–Kier alpha value is -2.28. The van der Waals surface area contributed by atoms with Crippen molar-refractivity contribution in [1.29, 1.82) is 0 Å². The Bertz CT molecular complexity index is 714. The van der Waals surface area contributed by atoms with Crippen molar-refractivity contribution in [3.63, 3.8) is 0 Å². The standard InChI is InChI=1S/C21H28FN3O3/c22-16-7-5-14(6-8-16)19(26)15-9-11-25(12-10-15)13-24-21(28)18-4-2-1-3-17(18)20(23)27/h5-8,15,17-18H,1-4,9-13H2,(H2,23,27)(H,24,28). The Morgan fingerprint density at radius 1 is 1.00 bits per heavy atom. The van der Waals surface area contributed by atoms with Gasteiger partial charge in [0.15, 0.2) is 5.78 Å². The number of carbonyl (C=O) groups excluding carboxylic acids is 3. The molecule has 2 unspecified atom stereocenters. The number of amides is 2. The van der Waals surface area contributed by atoms with Crippen molar-refractivity contribution in [2.24, 2.45) is 23.5 Å². The van der Waals surface area contributed by atoms with E-state index in [1.54, 1.807) is 0 Å². The van der Waals surface area contributed by atoms with Gasteiger partial charge >= 0.3 is 0 Å². The van der Waals surface area contributed by atoms with Crippen molar-refractivity contribution in [1.82, 2.24) is 10.2 Å². The average Bonchev–Trinajstić information content (AvgIpc) is 2.72. The van der Waals surface area contributed by atoms with Crippen molar-refractivity contribution < 1.29 is 18.8 Å². The summed E-state index contributed by atoms with van der Waals surface area (Å²) in [5.74, 6) is -1.56. The van der Waals surface area contributed by atoms with Gasteiger partial charge in [-0.3, -0.25) is 19.3 Å². The summed E-state index contributed by atoms with van der Waals surface area (Å²) in [7, 11) is 0. The molecule has 7 heteroatoms. The number of nitrogens with zero attached hydrogens (tertiary/aromatic N) is 1. The quantitative estimate of drug-likeness (QED) is 0.729. The molecular formula is C21H28FN3O3. The third-order valence-electron chi connectivity index (χ3n) is 6.03. The Morgan fingerprint density at radius 3 is 2.21 bits per heavy atom. The van der Waals surface area contributed by atoms with Crippen molar-refractivity contribution in [3.8, 4) is 0 Å². The lowest BCUT2D eigenvalue weighted by atomic mass is 9.78. The highest BCUT2D eigenvalue weighted by Crippen LogP contribution is 2.30. The van der Waals surface area contributed by atoms with Gasteiger partial charge in [0, 0.05) is 36.4 Å². The summed E-state index contributed by atoms with van der Waals surface area (Å²) in [6.07, 6.45) is 4.68. The largest absolute Gasteiger partial charge is 0.369 e. The number of halogens is 1. The van der Waals surface area contributed by atoms with Crippen LogP contribution >= 0.6 is 0 Å². The molecule has 2 aliphatic rings. The molecule has 1 heterocycles. The van der Waals surface area contributed by atoms with Crippen LogP contribution in [0.15, 0.2) is 24.3 Å². The Morgan fingerprint density at radius 2 is 1.61 bits per heavy atom. The molecule has 1 aromatic carbocycles. The van der Waals surface area contributed by atoms with Crippen LogP contribution in [0.25, 0.3) is 0 Å². The molecule has 2 atom stereocenters. The van der Waals surface area contributed by atoms with E-state index in [0.717, 1.165) is 12.8 Å². The summed E-state index contributed by atoms with van der Waals surface area (Å²) >= 11 is 0. The summed E-state index contributed by atoms with van der Waals surface area (Å²) in [5, 5.41) is 2.94. The fourth-order valence-corrected chi connectivity index (χ4v) is 4.31. The number of carbonyl (C=O) groups is 3. The SMILES string of the molecule is NC(=O)C1CCCCC1C(=O)NCN1CCC(C(=O)c2ccc(F)cc2)CC1. The number of benzene rings is 1. The van der Waals surface area contributed by atoms with Crippen LogP contribution in [-0.4, -0.2) is 42.3 Å². The maximum atomic E-state index is 13.0. The maximum absolute atomic E-state index is 13.0. The number of piperidine rings is 1. The van der Waals surface area contributed by atoms with Gasteiger partial charge in [-0.15, -0.1) is 0 Å². The highest BCUT2D eigenvalue weighted by atomic mass is 19.1. The summed E-state index contributed by atoms with van der Waals surface area (Å²) in [4.78, 5) is 38.7. The molecule has 1 aliphatic carbocycles. The minimum absolute atomic E-state index is 0.0511. The number of hydrogen-bond acceptors (Lipinski definition) is 4. The second-order valence-electron chi connectivity index (χ2n) is 7.86. The number of Topliss-reactive ketones (excluding diaryl/α,β-unsaturated/α-hetero) is 1. The number of ketones is 1. The van der Waals surface area contributed by atoms with Gasteiger partial charge in [-0.05, 0) is 49.9 Å². The van der Waals surface area contributed by atoms with Gasteiger partial charge in [0.05, 0.1) is 6.67 Å². The minimum Gasteiger partial charge on any atom is -0.369 e. The second-order valence-corrected chi connectivity index (χ2v) is 7.86. The first-order valence-corrected chi connectivity index (χ1v) is 10.0. The van der Waals surface area contributed by atoms with Gasteiger partial charge in [0.1, 0.15) is 5.82 Å². The van der Waals surface area contributed by atoms with E-state index in [1.165, 1.54) is 24.3 Å². The highest BCUT2D eigenvalue weighted by Gasteiger charge is 2.34. The predicted octanol–water partition coefficient (Wildman–Crippen LogP) is 2.09. The van der Waals surface area contributed by atoms with Crippen molar-refractivity contribution in [2.45, 2.75) is 38.5 Å². The Kier molecular flexibility index (Phi) is 6.78. The Balaban J connectivity index is 1.45. The van der Waals surface area contributed by atoms with Crippen molar-refractivity contribution in [2.75, 3.05) is 19.8 Å². The summed E-state index contributed by atoms with van der Waals surface area (Å²) in [5.41, 5.74) is 6.00. The zero-order chi connectivity index (χ0) is 20.1. The molecule has 1 aromatic rings. The zero-order valence-corrected chi connectivity index (χ0v) is 16.0. The van der Waals surface area contributed by atoms with Crippen LogP contribution in [0, 0.1) is 23.6 Å². The molecule has 28 heavy (non-hydrogen) atoms. The molecule has 0 spiro atoms. The lowest BCUT2D eigenvalue weighted by Gasteiger charge is -2.33. The van der Waals surface area contributed by atoms with E-state index in [-0.39, 0.29) is 41.2 Å². The first kappa shape index (κ1) is 20.5. The second kappa shape index (κ2) is 9.28. The molecule has 0 aromatic heterocycles. The molecule has 1 aliphatic heterocycles. The lowest BCUT2D eigenvalue weighted by molar-refractivity contribution is -0.135. The number of nitrogens with two attached hydrogens (primary N) is 1. The van der Waals surface area contributed by atoms with E-state index in [1.807, 2.05) is 0 Å². The van der Waals surface area contributed by atoms with Crippen LogP contribution in [0.4, 0.5) is 4.39 Å². The maximum Gasteiger partial charge on any atom is 0.224 e. The summed E-state index contributed by atoms with van der Waals surface area (Å²) < 4.78 is 13.0. The molecular weight excluding hydrogens is 361 g/mol. The van der Waals surface area contributed by atoms with E-state index in [2.05, 4.69) is 10.2 Å². The number of likely N-dealkylation sites (tertiary alicyclic amines) is 1. The van der Waals surface area contributed by atoms with E-state index < -0.39 is 0 Å². The number of primary amides is 1. The molecule has 0 bridgehead atoms. The molecule has 1 saturated carbocycles. The van der Waals surface area contributed by atoms with Crippen LogP contribution < -0.4 is 11.1 Å². The summed E-state index contributed by atoms with van der Waals surface area (Å²) in [6, 6.07) is 5.68. The molecule has 3 N–H and O–H groups in total. The van der Waals surface area contributed by atoms with Gasteiger partial charge < -0.3 is 11.1 Å². The smallest absolute Gasteiger partial charge is 0.224 e. The van der Waals surface area contributed by atoms with Crippen molar-refractivity contribution >= 4 is 17.6 Å². The van der Waals surface area contributed by atoms with Crippen LogP contribution in [0.2, 0.25) is 0 Å². The van der Waals surface area contributed by atoms with Gasteiger partial charge in [0.25, 0.3) is 0 Å². The lowest BCUT2D eigenvalue weighted by Crippen LogP contribution is -2.47. The van der Waals surface area contributed by atoms with Crippen LogP contribution in [0.3, 0.4) is 0 Å². The minimum atomic E-state index is -0.389. The highest BCUT2D eigenvalue weighted by molar-refractivity contribution is 5.97. The number of rotatable bonds is 6. The van der Waals surface area contributed by atoms with Crippen LogP contribution in [-0.2, 0) is 9.59 Å². The van der Waals surface area contributed by atoms with Gasteiger partial charge in [-0.1, -0.05) is 12.8 Å². The average molecular weight is 389 g/mol. The number of nitrogens with one attached hydrogen (secondary N) is 1. The molecule has 152 valence electrons. The predicted molar refractivity (Wildman–Crippen MR) is 103 cm³/mol. The van der Waals surface area contributed by atoms with Gasteiger partial charge in [0.2, 0.25) is 11.8 Å². The first-order chi connectivity index (χ1) is 13.5. The third kappa shape index (κ3) is 4.95. The van der Waals surface area contributed by atoms with Gasteiger partial charge in [-0.25, -0.2) is 4.39 Å². The molecule has 6 nitrogen and oxygen atoms in total. The monoisotopic (exact) mass is 389 g/mol. The molecule has 2 amide bonds. The van der Waals surface area contributed by atoms with E-state index >= 15 is 0 Å². The fraction of sp³-hybridized carbons (Fsp3) is 0.571. The molecule has 3 rings (SSSR count). The summed E-state index contributed by atoms with van der Waals surface area (Å²) in [6.45, 7) is 1.84. The normalized spacial score (nSPS) is 23.9. The van der Waals surface area contributed by atoms with E-state index in [0.29, 0.717) is 51.0 Å². The van der Waals surface area contributed by atoms with Crippen molar-refractivity contribution in [3.05, 3.63) is 35.6 Å². The van der Waals surface area contributed by atoms with E-state index in [4.69, 9.17) is 5.73 Å². The molecule has 0 radical (unpaired) electrons. The Labute approximate surface area is 164 Å². The molecule has 1 saturated heterocycles. The van der Waals surface area contributed by atoms with E-state index in [9.17, 15) is 18.8 Å².